The van der Waals surface area contributed by atoms with Crippen LogP contribution in [0.5, 0.6) is 5.75 Å². The van der Waals surface area contributed by atoms with Crippen molar-refractivity contribution in [1.82, 2.24) is 5.32 Å². The van der Waals surface area contributed by atoms with Gasteiger partial charge in [-0.1, -0.05) is 22.4 Å². The number of amides is 3. The zero-order valence-corrected chi connectivity index (χ0v) is 13.9. The van der Waals surface area contributed by atoms with Crippen LogP contribution in [0.25, 0.3) is 0 Å². The Morgan fingerprint density at radius 3 is 2.95 bits per heavy atom. The predicted octanol–water partition coefficient (Wildman–Crippen LogP) is 3.07. The second-order valence-electron chi connectivity index (χ2n) is 6.39. The van der Waals surface area contributed by atoms with E-state index in [0.717, 1.165) is 23.7 Å². The lowest BCUT2D eigenvalue weighted by Crippen LogP contribution is -2.51. The van der Waals surface area contributed by atoms with E-state index < -0.39 is 5.54 Å². The fourth-order valence-corrected chi connectivity index (χ4v) is 4.50. The molecule has 6 heteroatoms. The van der Waals surface area contributed by atoms with Crippen molar-refractivity contribution in [3.8, 4) is 5.75 Å². The molecule has 2 saturated carbocycles. The molecule has 1 heterocycles. The van der Waals surface area contributed by atoms with E-state index in [-0.39, 0.29) is 11.9 Å². The highest BCUT2D eigenvalue weighted by atomic mass is 79.9. The molecule has 22 heavy (non-hydrogen) atoms. The molecule has 3 atom stereocenters. The summed E-state index contributed by atoms with van der Waals surface area (Å²) in [5, 5.41) is 3.00. The number of urea groups is 1. The van der Waals surface area contributed by atoms with E-state index in [1.807, 2.05) is 0 Å². The molecule has 0 bridgehead atoms. The van der Waals surface area contributed by atoms with Gasteiger partial charge in [0.05, 0.1) is 12.8 Å². The van der Waals surface area contributed by atoms with Gasteiger partial charge in [0.25, 0.3) is 5.91 Å². The van der Waals surface area contributed by atoms with Crippen LogP contribution in [0.15, 0.2) is 22.7 Å². The van der Waals surface area contributed by atoms with E-state index >= 15 is 0 Å². The topological polar surface area (TPSA) is 58.6 Å². The molecule has 1 spiro atoms. The highest BCUT2D eigenvalue weighted by Gasteiger charge is 2.64. The molecule has 2 aliphatic carbocycles. The molecule has 0 radical (unpaired) electrons. The fourth-order valence-electron chi connectivity index (χ4n) is 4.04. The Labute approximate surface area is 137 Å². The second kappa shape index (κ2) is 4.72. The normalized spacial score (nSPS) is 32.9. The lowest BCUT2D eigenvalue weighted by Gasteiger charge is -2.30. The minimum atomic E-state index is -0.671. The number of hydrogen-bond acceptors (Lipinski definition) is 3. The van der Waals surface area contributed by atoms with Crippen molar-refractivity contribution in [2.45, 2.75) is 31.2 Å². The van der Waals surface area contributed by atoms with Crippen molar-refractivity contribution in [3.63, 3.8) is 0 Å². The van der Waals surface area contributed by atoms with Crippen molar-refractivity contribution in [2.75, 3.05) is 12.0 Å². The van der Waals surface area contributed by atoms with E-state index in [2.05, 4.69) is 21.2 Å². The van der Waals surface area contributed by atoms with Gasteiger partial charge in [0.1, 0.15) is 11.3 Å². The number of fused-ring (bicyclic) bond motifs is 2. The number of rotatable bonds is 2. The Hall–Kier alpha value is -1.56. The number of methoxy groups -OCH3 is 1. The third-order valence-corrected chi connectivity index (χ3v) is 5.63. The van der Waals surface area contributed by atoms with Gasteiger partial charge in [-0.3, -0.25) is 4.79 Å². The van der Waals surface area contributed by atoms with Crippen LogP contribution in [-0.2, 0) is 4.79 Å². The first-order valence-corrected chi connectivity index (χ1v) is 8.36. The fraction of sp³-hybridized carbons (Fsp3) is 0.500. The first kappa shape index (κ1) is 14.1. The number of imide groups is 1. The summed E-state index contributed by atoms with van der Waals surface area (Å²) in [4.78, 5) is 26.8. The average Bonchev–Trinajstić information content (AvgIpc) is 3.23. The van der Waals surface area contributed by atoms with Crippen molar-refractivity contribution < 1.29 is 14.3 Å². The van der Waals surface area contributed by atoms with Crippen molar-refractivity contribution in [2.24, 2.45) is 11.8 Å². The van der Waals surface area contributed by atoms with E-state index in [1.165, 1.54) is 11.3 Å². The summed E-state index contributed by atoms with van der Waals surface area (Å²) in [5.41, 5.74) is -0.122. The standard InChI is InChI=1S/C16H17BrN2O3/c1-22-12-7-10(17)6-11(8-12)19-14(20)16(18-15(19)21)4-2-3-9-5-13(9)16/h6-9,13H,2-5H2,1H3,(H,18,21). The largest absolute Gasteiger partial charge is 0.497 e. The zero-order chi connectivity index (χ0) is 15.5. The second-order valence-corrected chi connectivity index (χ2v) is 7.30. The first-order chi connectivity index (χ1) is 10.5. The molecule has 0 aromatic heterocycles. The number of nitrogens with one attached hydrogen (secondary N) is 1. The Kier molecular flexibility index (Phi) is 3.01. The van der Waals surface area contributed by atoms with Crippen LogP contribution in [0.1, 0.15) is 25.7 Å². The maximum Gasteiger partial charge on any atom is 0.329 e. The van der Waals surface area contributed by atoms with Gasteiger partial charge in [-0.05, 0) is 43.2 Å². The number of carbonyl (C=O) groups excluding carboxylic acids is 2. The molecule has 116 valence electrons. The summed E-state index contributed by atoms with van der Waals surface area (Å²) in [6, 6.07) is 4.97. The van der Waals surface area contributed by atoms with Crippen molar-refractivity contribution in [1.29, 1.82) is 0 Å². The molecule has 3 aliphatic rings. The summed E-state index contributed by atoms with van der Waals surface area (Å²) in [5.74, 6) is 1.43. The van der Waals surface area contributed by atoms with Gasteiger partial charge in [0.2, 0.25) is 0 Å². The molecular weight excluding hydrogens is 348 g/mol. The van der Waals surface area contributed by atoms with Gasteiger partial charge in [0.15, 0.2) is 0 Å². The lowest BCUT2D eigenvalue weighted by atomic mass is 9.81. The summed E-state index contributed by atoms with van der Waals surface area (Å²) >= 11 is 3.40. The number of carbonyl (C=O) groups is 2. The summed E-state index contributed by atoms with van der Waals surface area (Å²) in [6.07, 6.45) is 3.99. The molecule has 3 unspecified atom stereocenters. The van der Waals surface area contributed by atoms with Gasteiger partial charge in [-0.15, -0.1) is 0 Å². The van der Waals surface area contributed by atoms with Crippen LogP contribution in [-0.4, -0.2) is 24.6 Å². The quantitative estimate of drug-likeness (QED) is 0.820. The molecule has 3 amide bonds. The number of ether oxygens (including phenoxy) is 1. The van der Waals surface area contributed by atoms with Crippen LogP contribution in [0.4, 0.5) is 10.5 Å². The average molecular weight is 365 g/mol. The maximum absolute atomic E-state index is 13.0. The van der Waals surface area contributed by atoms with Crippen LogP contribution >= 0.6 is 15.9 Å². The summed E-state index contributed by atoms with van der Waals surface area (Å²) in [6.45, 7) is 0. The van der Waals surface area contributed by atoms with Crippen LogP contribution in [0.3, 0.4) is 0 Å². The lowest BCUT2D eigenvalue weighted by molar-refractivity contribution is -0.123. The monoisotopic (exact) mass is 364 g/mol. The van der Waals surface area contributed by atoms with E-state index in [9.17, 15) is 9.59 Å². The smallest absolute Gasteiger partial charge is 0.329 e. The Morgan fingerprint density at radius 2 is 2.18 bits per heavy atom. The molecule has 1 aromatic rings. The van der Waals surface area contributed by atoms with Crippen molar-refractivity contribution >= 4 is 33.6 Å². The maximum atomic E-state index is 13.0. The van der Waals surface area contributed by atoms with Crippen molar-refractivity contribution in [3.05, 3.63) is 22.7 Å². The minimum absolute atomic E-state index is 0.107. The number of nitrogens with zero attached hydrogens (tertiary/aromatic N) is 1. The van der Waals surface area contributed by atoms with E-state index in [4.69, 9.17) is 4.74 Å². The molecule has 1 aliphatic heterocycles. The highest BCUT2D eigenvalue weighted by Crippen LogP contribution is 2.56. The summed E-state index contributed by atoms with van der Waals surface area (Å²) < 4.78 is 6.01. The molecule has 4 rings (SSSR count). The number of anilines is 1. The Balaban J connectivity index is 1.72. The minimum Gasteiger partial charge on any atom is -0.497 e. The molecule has 5 nitrogen and oxygen atoms in total. The number of hydrogen-bond donors (Lipinski definition) is 1. The molecule has 1 saturated heterocycles. The first-order valence-electron chi connectivity index (χ1n) is 7.56. The zero-order valence-electron chi connectivity index (χ0n) is 12.3. The molecule has 1 aromatic carbocycles. The Morgan fingerprint density at radius 1 is 1.36 bits per heavy atom. The van der Waals surface area contributed by atoms with Gasteiger partial charge >= 0.3 is 6.03 Å². The van der Waals surface area contributed by atoms with Gasteiger partial charge in [-0.2, -0.15) is 0 Å². The van der Waals surface area contributed by atoms with E-state index in [0.29, 0.717) is 23.3 Å². The Bertz CT molecular complexity index is 677. The third-order valence-electron chi connectivity index (χ3n) is 5.17. The SMILES string of the molecule is COc1cc(Br)cc(N2C(=O)NC3(CCCC4CC43)C2=O)c1. The van der Waals surface area contributed by atoms with Gasteiger partial charge in [0, 0.05) is 10.5 Å². The van der Waals surface area contributed by atoms with E-state index in [1.54, 1.807) is 25.3 Å². The summed E-state index contributed by atoms with van der Waals surface area (Å²) in [7, 11) is 1.56. The number of halogens is 1. The number of benzene rings is 1. The van der Waals surface area contributed by atoms with Gasteiger partial charge < -0.3 is 10.1 Å². The predicted molar refractivity (Wildman–Crippen MR) is 84.9 cm³/mol. The third kappa shape index (κ3) is 1.89. The highest BCUT2D eigenvalue weighted by molar-refractivity contribution is 9.10. The molecular formula is C16H17BrN2O3. The van der Waals surface area contributed by atoms with Crippen LogP contribution in [0.2, 0.25) is 0 Å². The molecule has 3 fully saturated rings. The van der Waals surface area contributed by atoms with Gasteiger partial charge in [-0.25, -0.2) is 9.69 Å². The van der Waals surface area contributed by atoms with Crippen LogP contribution in [0, 0.1) is 11.8 Å². The van der Waals surface area contributed by atoms with Crippen LogP contribution < -0.4 is 15.0 Å². The molecule has 1 N–H and O–H groups in total.